The molecule has 2 atom stereocenters. The summed E-state index contributed by atoms with van der Waals surface area (Å²) in [7, 11) is 0. The molecule has 1 saturated carbocycles. The van der Waals surface area contributed by atoms with Gasteiger partial charge in [0, 0.05) is 38.0 Å². The lowest BCUT2D eigenvalue weighted by Gasteiger charge is -2.38. The largest absolute Gasteiger partial charge is 0.342 e. The van der Waals surface area contributed by atoms with Gasteiger partial charge in [-0.1, -0.05) is 6.42 Å². The third-order valence-corrected chi connectivity index (χ3v) is 5.61. The van der Waals surface area contributed by atoms with Crippen molar-refractivity contribution in [2.45, 2.75) is 51.0 Å². The van der Waals surface area contributed by atoms with E-state index >= 15 is 0 Å². The lowest BCUT2D eigenvalue weighted by molar-refractivity contribution is -0.139. The number of likely N-dealkylation sites (tertiary alicyclic amines) is 2. The molecule has 2 amide bonds. The summed E-state index contributed by atoms with van der Waals surface area (Å²) in [5.74, 6) is 1.16. The number of carbonyl (C=O) groups excluding carboxylic acids is 2. The molecule has 1 aliphatic carbocycles. The predicted octanol–water partition coefficient (Wildman–Crippen LogP) is 1.40. The van der Waals surface area contributed by atoms with Crippen molar-refractivity contribution in [3.8, 4) is 0 Å². The molecule has 2 saturated heterocycles. The van der Waals surface area contributed by atoms with E-state index in [4.69, 9.17) is 5.73 Å². The van der Waals surface area contributed by atoms with E-state index in [1.807, 2.05) is 9.80 Å². The fourth-order valence-electron chi connectivity index (χ4n) is 4.33. The summed E-state index contributed by atoms with van der Waals surface area (Å²) >= 11 is 0. The minimum absolute atomic E-state index is 0. The minimum atomic E-state index is 0. The molecule has 0 spiro atoms. The molecule has 3 aliphatic rings. The molecular weight excluding hydrogens is 302 g/mol. The van der Waals surface area contributed by atoms with E-state index in [9.17, 15) is 9.59 Å². The molecule has 3 rings (SSSR count). The molecule has 0 radical (unpaired) electrons. The Morgan fingerprint density at radius 1 is 1.09 bits per heavy atom. The summed E-state index contributed by atoms with van der Waals surface area (Å²) in [6, 6.07) is 0.359. The highest BCUT2D eigenvalue weighted by Gasteiger charge is 2.37. The zero-order chi connectivity index (χ0) is 14.8. The molecular formula is C16H28ClN3O2. The number of hydrogen-bond donors (Lipinski definition) is 1. The summed E-state index contributed by atoms with van der Waals surface area (Å²) in [5.41, 5.74) is 5.80. The van der Waals surface area contributed by atoms with Crippen LogP contribution in [0.25, 0.3) is 0 Å². The average molecular weight is 330 g/mol. The summed E-state index contributed by atoms with van der Waals surface area (Å²) in [4.78, 5) is 28.5. The fourth-order valence-corrected chi connectivity index (χ4v) is 4.33. The van der Waals surface area contributed by atoms with Crippen LogP contribution in [-0.2, 0) is 9.59 Å². The lowest BCUT2D eigenvalue weighted by atomic mass is 9.93. The molecule has 5 nitrogen and oxygen atoms in total. The van der Waals surface area contributed by atoms with Crippen LogP contribution in [0.5, 0.6) is 0 Å². The van der Waals surface area contributed by atoms with Crippen LogP contribution in [-0.4, -0.2) is 53.8 Å². The molecule has 0 unspecified atom stereocenters. The van der Waals surface area contributed by atoms with Crippen LogP contribution in [0.2, 0.25) is 0 Å². The second-order valence-corrected chi connectivity index (χ2v) is 6.78. The van der Waals surface area contributed by atoms with Gasteiger partial charge < -0.3 is 15.5 Å². The molecule has 22 heavy (non-hydrogen) atoms. The Kier molecular flexibility index (Phi) is 6.09. The fraction of sp³-hybridized carbons (Fsp3) is 0.875. The molecule has 6 heteroatoms. The van der Waals surface area contributed by atoms with Gasteiger partial charge in [0.25, 0.3) is 0 Å². The number of nitrogens with two attached hydrogens (primary N) is 1. The normalized spacial score (nSPS) is 29.8. The van der Waals surface area contributed by atoms with Gasteiger partial charge in [-0.15, -0.1) is 12.4 Å². The van der Waals surface area contributed by atoms with Gasteiger partial charge in [-0.05, 0) is 44.6 Å². The number of piperidine rings is 1. The van der Waals surface area contributed by atoms with Gasteiger partial charge in [0.1, 0.15) is 0 Å². The summed E-state index contributed by atoms with van der Waals surface area (Å²) in [6.07, 6.45) is 6.83. The Hall–Kier alpha value is -0.810. The molecule has 0 aromatic carbocycles. The zero-order valence-corrected chi connectivity index (χ0v) is 14.0. The van der Waals surface area contributed by atoms with Crippen LogP contribution in [0, 0.1) is 11.8 Å². The zero-order valence-electron chi connectivity index (χ0n) is 13.2. The minimum Gasteiger partial charge on any atom is -0.342 e. The maximum Gasteiger partial charge on any atom is 0.226 e. The van der Waals surface area contributed by atoms with Crippen molar-refractivity contribution in [1.29, 1.82) is 0 Å². The number of carbonyl (C=O) groups is 2. The highest BCUT2D eigenvalue weighted by molar-refractivity contribution is 5.85. The SMILES string of the molecule is Cl.NC[C@H]1CCC[C@H]1C(=O)N1CCC(N2CCCC2=O)CC1. The maximum atomic E-state index is 12.7. The first-order valence-corrected chi connectivity index (χ1v) is 8.49. The van der Waals surface area contributed by atoms with Crippen molar-refractivity contribution < 1.29 is 9.59 Å². The van der Waals surface area contributed by atoms with Crippen LogP contribution < -0.4 is 5.73 Å². The highest BCUT2D eigenvalue weighted by Crippen LogP contribution is 2.33. The topological polar surface area (TPSA) is 66.6 Å². The summed E-state index contributed by atoms with van der Waals surface area (Å²) in [6.45, 7) is 3.16. The van der Waals surface area contributed by atoms with Crippen molar-refractivity contribution in [2.24, 2.45) is 17.6 Å². The summed E-state index contributed by atoms with van der Waals surface area (Å²) < 4.78 is 0. The van der Waals surface area contributed by atoms with Crippen LogP contribution in [0.1, 0.15) is 44.9 Å². The number of hydrogen-bond acceptors (Lipinski definition) is 3. The van der Waals surface area contributed by atoms with E-state index in [-0.39, 0.29) is 18.3 Å². The smallest absolute Gasteiger partial charge is 0.226 e. The number of amides is 2. The number of rotatable bonds is 3. The molecule has 0 aromatic rings. The second kappa shape index (κ2) is 7.64. The molecule has 0 bridgehead atoms. The Balaban J connectivity index is 0.00000176. The number of halogens is 1. The molecule has 126 valence electrons. The lowest BCUT2D eigenvalue weighted by Crippen LogP contribution is -2.49. The van der Waals surface area contributed by atoms with Gasteiger partial charge in [0.2, 0.25) is 11.8 Å². The predicted molar refractivity (Wildman–Crippen MR) is 87.7 cm³/mol. The van der Waals surface area contributed by atoms with E-state index in [1.165, 1.54) is 0 Å². The van der Waals surface area contributed by atoms with E-state index < -0.39 is 0 Å². The van der Waals surface area contributed by atoms with Gasteiger partial charge >= 0.3 is 0 Å². The van der Waals surface area contributed by atoms with E-state index in [0.29, 0.717) is 36.7 Å². The Labute approximate surface area is 139 Å². The van der Waals surface area contributed by atoms with Crippen molar-refractivity contribution in [3.63, 3.8) is 0 Å². The monoisotopic (exact) mass is 329 g/mol. The van der Waals surface area contributed by atoms with Crippen LogP contribution in [0.3, 0.4) is 0 Å². The van der Waals surface area contributed by atoms with Crippen molar-refractivity contribution in [2.75, 3.05) is 26.2 Å². The molecule has 2 N–H and O–H groups in total. The van der Waals surface area contributed by atoms with Crippen molar-refractivity contribution >= 4 is 24.2 Å². The molecule has 3 fully saturated rings. The van der Waals surface area contributed by atoms with Crippen molar-refractivity contribution in [3.05, 3.63) is 0 Å². The maximum absolute atomic E-state index is 12.7. The van der Waals surface area contributed by atoms with E-state index in [2.05, 4.69) is 0 Å². The van der Waals surface area contributed by atoms with E-state index in [1.54, 1.807) is 0 Å². The Morgan fingerprint density at radius 3 is 2.41 bits per heavy atom. The second-order valence-electron chi connectivity index (χ2n) is 6.78. The average Bonchev–Trinajstić information content (AvgIpc) is 3.15. The Bertz CT molecular complexity index is 410. The first-order chi connectivity index (χ1) is 10.2. The van der Waals surface area contributed by atoms with Gasteiger partial charge in [0.05, 0.1) is 0 Å². The van der Waals surface area contributed by atoms with Gasteiger partial charge in [-0.2, -0.15) is 0 Å². The summed E-state index contributed by atoms with van der Waals surface area (Å²) in [5, 5.41) is 0. The first kappa shape index (κ1) is 17.5. The third kappa shape index (κ3) is 3.40. The van der Waals surface area contributed by atoms with Crippen LogP contribution >= 0.6 is 12.4 Å². The first-order valence-electron chi connectivity index (χ1n) is 8.49. The highest BCUT2D eigenvalue weighted by atomic mass is 35.5. The third-order valence-electron chi connectivity index (χ3n) is 5.61. The number of nitrogens with zero attached hydrogens (tertiary/aromatic N) is 2. The van der Waals surface area contributed by atoms with E-state index in [0.717, 1.165) is 58.2 Å². The van der Waals surface area contributed by atoms with Gasteiger partial charge in [-0.25, -0.2) is 0 Å². The molecule has 0 aromatic heterocycles. The molecule has 2 aliphatic heterocycles. The van der Waals surface area contributed by atoms with Gasteiger partial charge in [-0.3, -0.25) is 9.59 Å². The molecule has 2 heterocycles. The standard InChI is InChI=1S/C16H27N3O2.ClH/c17-11-12-3-1-4-14(12)16(21)18-9-6-13(7-10-18)19-8-2-5-15(19)20;/h12-14H,1-11,17H2;1H/t12-,14-;/m1./s1. The van der Waals surface area contributed by atoms with Crippen LogP contribution in [0.4, 0.5) is 0 Å². The van der Waals surface area contributed by atoms with Crippen molar-refractivity contribution in [1.82, 2.24) is 9.80 Å². The Morgan fingerprint density at radius 2 is 1.82 bits per heavy atom. The quantitative estimate of drug-likeness (QED) is 0.851. The van der Waals surface area contributed by atoms with Crippen LogP contribution in [0.15, 0.2) is 0 Å². The van der Waals surface area contributed by atoms with Gasteiger partial charge in [0.15, 0.2) is 0 Å².